The molecule has 0 aromatic carbocycles. The van der Waals surface area contributed by atoms with E-state index >= 15 is 0 Å². The lowest BCUT2D eigenvalue weighted by Crippen LogP contribution is -2.46. The van der Waals surface area contributed by atoms with Crippen LogP contribution in [0.3, 0.4) is 0 Å². The highest BCUT2D eigenvalue weighted by Gasteiger charge is 2.44. The Labute approximate surface area is 180 Å². The minimum atomic E-state index is -5.08. The van der Waals surface area contributed by atoms with E-state index in [0.717, 1.165) is 13.0 Å². The highest BCUT2D eigenvalue weighted by molar-refractivity contribution is 5.90. The first kappa shape index (κ1) is 23.7. The topological polar surface area (TPSA) is 125 Å². The van der Waals surface area contributed by atoms with Gasteiger partial charge in [0.15, 0.2) is 0 Å². The number of alkyl halides is 3. The maximum Gasteiger partial charge on any atom is 0.490 e. The second kappa shape index (κ2) is 9.65. The largest absolute Gasteiger partial charge is 0.490 e. The third kappa shape index (κ3) is 6.03. The van der Waals surface area contributed by atoms with Crippen molar-refractivity contribution in [3.63, 3.8) is 0 Å². The number of ether oxygens (including phenoxy) is 2. The molecule has 2 aliphatic rings. The molecule has 1 spiro atoms. The van der Waals surface area contributed by atoms with Gasteiger partial charge in [0.1, 0.15) is 11.9 Å². The summed E-state index contributed by atoms with van der Waals surface area (Å²) in [6.45, 7) is 3.55. The third-order valence-corrected chi connectivity index (χ3v) is 4.98. The molecule has 0 saturated carbocycles. The van der Waals surface area contributed by atoms with Crippen LogP contribution in [0.1, 0.15) is 17.0 Å². The minimum Gasteiger partial charge on any atom is -0.475 e. The number of imidazole rings is 1. The number of hydrogen-bond donors (Lipinski definition) is 1. The van der Waals surface area contributed by atoms with E-state index in [-0.39, 0.29) is 11.7 Å². The number of carboxylic acid groups (broad SMARTS) is 1. The molecule has 2 atom stereocenters. The Balaban J connectivity index is 0.000000360. The molecule has 0 radical (unpaired) electrons. The number of carbonyl (C=O) groups is 2. The summed E-state index contributed by atoms with van der Waals surface area (Å²) < 4.78 is 47.2. The van der Waals surface area contributed by atoms with E-state index in [1.165, 1.54) is 11.0 Å². The van der Waals surface area contributed by atoms with E-state index in [1.807, 2.05) is 12.5 Å². The molecule has 2 aliphatic heterocycles. The summed E-state index contributed by atoms with van der Waals surface area (Å²) in [6.07, 6.45) is 2.85. The second-order valence-corrected chi connectivity index (χ2v) is 7.65. The van der Waals surface area contributed by atoms with E-state index in [2.05, 4.69) is 19.6 Å². The first-order chi connectivity index (χ1) is 15.1. The molecule has 0 aliphatic carbocycles. The molecular formula is C18H23F3N6O5. The van der Waals surface area contributed by atoms with Crippen molar-refractivity contribution in [2.75, 3.05) is 32.9 Å². The molecule has 1 N–H and O–H groups in total. The Hall–Kier alpha value is -3.00. The van der Waals surface area contributed by atoms with Gasteiger partial charge in [-0.25, -0.2) is 14.8 Å². The van der Waals surface area contributed by atoms with E-state index in [1.54, 1.807) is 18.1 Å². The van der Waals surface area contributed by atoms with Crippen LogP contribution in [0.2, 0.25) is 0 Å². The lowest BCUT2D eigenvalue weighted by Gasteiger charge is -2.30. The lowest BCUT2D eigenvalue weighted by molar-refractivity contribution is -0.192. The van der Waals surface area contributed by atoms with Crippen LogP contribution in [-0.2, 0) is 27.9 Å². The van der Waals surface area contributed by atoms with Crippen LogP contribution >= 0.6 is 0 Å². The fourth-order valence-electron chi connectivity index (χ4n) is 3.62. The summed E-state index contributed by atoms with van der Waals surface area (Å²) in [5, 5.41) is 11.2. The van der Waals surface area contributed by atoms with Crippen molar-refractivity contribution in [1.82, 2.24) is 29.2 Å². The minimum absolute atomic E-state index is 0.174. The van der Waals surface area contributed by atoms with Gasteiger partial charge in [-0.05, 0) is 6.42 Å². The zero-order valence-electron chi connectivity index (χ0n) is 17.2. The Kier molecular flexibility index (Phi) is 7.13. The summed E-state index contributed by atoms with van der Waals surface area (Å²) in [5.74, 6) is -2.34. The molecule has 11 nitrogen and oxygen atoms in total. The van der Waals surface area contributed by atoms with Gasteiger partial charge in [0.05, 0.1) is 32.7 Å². The van der Waals surface area contributed by atoms with Gasteiger partial charge in [0.2, 0.25) is 5.82 Å². The van der Waals surface area contributed by atoms with Gasteiger partial charge in [0, 0.05) is 38.4 Å². The van der Waals surface area contributed by atoms with Gasteiger partial charge < -0.3 is 24.0 Å². The van der Waals surface area contributed by atoms with Crippen LogP contribution in [0.4, 0.5) is 13.2 Å². The van der Waals surface area contributed by atoms with Crippen molar-refractivity contribution >= 4 is 11.9 Å². The number of aliphatic carboxylic acids is 1. The van der Waals surface area contributed by atoms with Crippen molar-refractivity contribution in [3.05, 3.63) is 30.9 Å². The van der Waals surface area contributed by atoms with E-state index in [4.69, 9.17) is 19.4 Å². The first-order valence-electron chi connectivity index (χ1n) is 9.70. The number of carboxylic acids is 1. The lowest BCUT2D eigenvalue weighted by atomic mass is 9.94. The van der Waals surface area contributed by atoms with Gasteiger partial charge in [0.25, 0.3) is 5.91 Å². The number of aryl methyl sites for hydroxylation is 1. The average molecular weight is 460 g/mol. The van der Waals surface area contributed by atoms with Crippen LogP contribution in [0, 0.1) is 5.92 Å². The Morgan fingerprint density at radius 1 is 1.34 bits per heavy atom. The van der Waals surface area contributed by atoms with Crippen LogP contribution < -0.4 is 0 Å². The molecule has 2 unspecified atom stereocenters. The molecule has 4 rings (SSSR count). The summed E-state index contributed by atoms with van der Waals surface area (Å²) in [5.41, 5.74) is -0.452. The predicted molar refractivity (Wildman–Crippen MR) is 100 cm³/mol. The van der Waals surface area contributed by atoms with E-state index < -0.39 is 17.7 Å². The first-order valence-corrected chi connectivity index (χ1v) is 9.70. The normalized spacial score (nSPS) is 23.5. The molecule has 4 heterocycles. The van der Waals surface area contributed by atoms with Gasteiger partial charge in [-0.15, -0.1) is 5.10 Å². The Morgan fingerprint density at radius 3 is 2.69 bits per heavy atom. The smallest absolute Gasteiger partial charge is 0.475 e. The van der Waals surface area contributed by atoms with Crippen molar-refractivity contribution in [2.24, 2.45) is 13.0 Å². The number of amides is 1. The molecule has 14 heteroatoms. The third-order valence-electron chi connectivity index (χ3n) is 4.98. The summed E-state index contributed by atoms with van der Waals surface area (Å²) in [7, 11) is 1.75. The fourth-order valence-corrected chi connectivity index (χ4v) is 3.62. The van der Waals surface area contributed by atoms with Crippen LogP contribution in [0.5, 0.6) is 0 Å². The zero-order chi connectivity index (χ0) is 23.4. The molecular weight excluding hydrogens is 437 g/mol. The molecule has 176 valence electrons. The maximum atomic E-state index is 12.7. The molecule has 0 bridgehead atoms. The van der Waals surface area contributed by atoms with E-state index in [9.17, 15) is 18.0 Å². The summed E-state index contributed by atoms with van der Waals surface area (Å²) >= 11 is 0. The quantitative estimate of drug-likeness (QED) is 0.706. The highest BCUT2D eigenvalue weighted by atomic mass is 19.4. The summed E-state index contributed by atoms with van der Waals surface area (Å²) in [4.78, 5) is 31.5. The molecule has 2 aromatic heterocycles. The van der Waals surface area contributed by atoms with Crippen molar-refractivity contribution in [3.8, 4) is 0 Å². The number of rotatable bonds is 3. The molecule has 1 amide bonds. The Bertz CT molecular complexity index is 919. The molecule has 32 heavy (non-hydrogen) atoms. The molecule has 2 saturated heterocycles. The number of aromatic nitrogens is 5. The van der Waals surface area contributed by atoms with Crippen LogP contribution in [0.25, 0.3) is 0 Å². The fraction of sp³-hybridized carbons (Fsp3) is 0.611. The van der Waals surface area contributed by atoms with Crippen LogP contribution in [0.15, 0.2) is 25.0 Å². The number of halogens is 3. The van der Waals surface area contributed by atoms with Crippen LogP contribution in [-0.4, -0.2) is 90.9 Å². The van der Waals surface area contributed by atoms with Crippen molar-refractivity contribution in [2.45, 2.75) is 24.7 Å². The molecule has 2 fully saturated rings. The standard InChI is InChI=1S/C16H22N6O3.C2HF3O2/c1-20-12-18-14(19-20)15(23)22-4-5-24-10-16(9-22)6-13(8-25-16)7-21-3-2-17-11-21;3-2(4,5)1(6)7/h2-3,11-13H,4-10H2,1H3;(H,6,7). The summed E-state index contributed by atoms with van der Waals surface area (Å²) in [6, 6.07) is 0. The molecule has 2 aromatic rings. The highest BCUT2D eigenvalue weighted by Crippen LogP contribution is 2.33. The van der Waals surface area contributed by atoms with E-state index in [0.29, 0.717) is 38.8 Å². The number of carbonyl (C=O) groups excluding carboxylic acids is 1. The monoisotopic (exact) mass is 460 g/mol. The maximum absolute atomic E-state index is 12.7. The SMILES string of the molecule is Cn1cnc(C(=O)N2CCOCC3(CC(Cn4ccnc4)CO3)C2)n1.O=C(O)C(F)(F)F. The van der Waals surface area contributed by atoms with Gasteiger partial charge in [-0.3, -0.25) is 9.48 Å². The number of nitrogens with zero attached hydrogens (tertiary/aromatic N) is 6. The number of hydrogen-bond acceptors (Lipinski definition) is 7. The Morgan fingerprint density at radius 2 is 2.09 bits per heavy atom. The van der Waals surface area contributed by atoms with Gasteiger partial charge >= 0.3 is 12.1 Å². The van der Waals surface area contributed by atoms with Crippen molar-refractivity contribution in [1.29, 1.82) is 0 Å². The predicted octanol–water partition coefficient (Wildman–Crippen LogP) is 0.593. The van der Waals surface area contributed by atoms with Gasteiger partial charge in [-0.1, -0.05) is 0 Å². The van der Waals surface area contributed by atoms with Crippen molar-refractivity contribution < 1.29 is 37.3 Å². The average Bonchev–Trinajstić information content (AvgIpc) is 3.43. The zero-order valence-corrected chi connectivity index (χ0v) is 17.2. The van der Waals surface area contributed by atoms with Gasteiger partial charge in [-0.2, -0.15) is 13.2 Å². The second-order valence-electron chi connectivity index (χ2n) is 7.65.